The van der Waals surface area contributed by atoms with E-state index in [9.17, 15) is 9.59 Å². The maximum absolute atomic E-state index is 11.7. The van der Waals surface area contributed by atoms with Gasteiger partial charge in [-0.2, -0.15) is 0 Å². The van der Waals surface area contributed by atoms with E-state index in [2.05, 4.69) is 15.2 Å². The molecule has 0 bridgehead atoms. The molecule has 0 atom stereocenters. The van der Waals surface area contributed by atoms with Gasteiger partial charge in [-0.05, 0) is 24.1 Å². The minimum absolute atomic E-state index is 0.143. The van der Waals surface area contributed by atoms with Crippen molar-refractivity contribution in [2.45, 2.75) is 18.6 Å². The average Bonchev–Trinajstić information content (AvgIpc) is 2.71. The van der Waals surface area contributed by atoms with Crippen molar-refractivity contribution in [2.75, 3.05) is 5.75 Å². The number of aromatic amines is 1. The van der Waals surface area contributed by atoms with Gasteiger partial charge in [0.05, 0.1) is 12.3 Å². The molecule has 100 valence electrons. The average molecular weight is 280 g/mol. The molecule has 0 radical (unpaired) electrons. The fourth-order valence-corrected chi connectivity index (χ4v) is 2.18. The summed E-state index contributed by atoms with van der Waals surface area (Å²) in [5, 5.41) is 15.1. The summed E-state index contributed by atoms with van der Waals surface area (Å²) in [6.07, 6.45) is 3.36. The molecule has 0 fully saturated rings. The van der Waals surface area contributed by atoms with Gasteiger partial charge in [0.25, 0.3) is 0 Å². The van der Waals surface area contributed by atoms with Crippen molar-refractivity contribution in [3.63, 3.8) is 0 Å². The first-order chi connectivity index (χ1) is 9.08. The zero-order valence-corrected chi connectivity index (χ0v) is 11.0. The zero-order chi connectivity index (χ0) is 13.8. The van der Waals surface area contributed by atoms with Crippen LogP contribution in [0, 0.1) is 6.92 Å². The van der Waals surface area contributed by atoms with Gasteiger partial charge < -0.3 is 5.11 Å². The number of aromatic nitrogens is 4. The first-order valence-corrected chi connectivity index (χ1v) is 6.46. The fourth-order valence-electron chi connectivity index (χ4n) is 1.51. The van der Waals surface area contributed by atoms with E-state index in [0.29, 0.717) is 11.7 Å². The van der Waals surface area contributed by atoms with Crippen LogP contribution >= 0.6 is 11.8 Å². The summed E-state index contributed by atoms with van der Waals surface area (Å²) in [6, 6.07) is 1.85. The summed E-state index contributed by atoms with van der Waals surface area (Å²) in [7, 11) is 0. The number of H-pyrrole nitrogens is 1. The van der Waals surface area contributed by atoms with Crippen molar-refractivity contribution < 1.29 is 9.90 Å². The quantitative estimate of drug-likeness (QED) is 0.773. The van der Waals surface area contributed by atoms with Crippen LogP contribution in [0.1, 0.15) is 11.1 Å². The van der Waals surface area contributed by atoms with Crippen molar-refractivity contribution in [2.24, 2.45) is 0 Å². The Bertz CT molecular complexity index is 649. The van der Waals surface area contributed by atoms with Gasteiger partial charge in [-0.25, -0.2) is 9.89 Å². The topological polar surface area (TPSA) is 101 Å². The number of thioether (sulfide) groups is 1. The molecule has 2 aromatic heterocycles. The van der Waals surface area contributed by atoms with Gasteiger partial charge in [0, 0.05) is 12.4 Å². The van der Waals surface area contributed by atoms with Crippen molar-refractivity contribution in [1.82, 2.24) is 19.7 Å². The second-order valence-corrected chi connectivity index (χ2v) is 4.82. The number of pyridine rings is 1. The third kappa shape index (κ3) is 3.22. The molecule has 0 aliphatic rings. The van der Waals surface area contributed by atoms with Gasteiger partial charge in [-0.3, -0.25) is 14.3 Å². The highest BCUT2D eigenvalue weighted by Crippen LogP contribution is 2.15. The Morgan fingerprint density at radius 2 is 2.37 bits per heavy atom. The lowest BCUT2D eigenvalue weighted by Crippen LogP contribution is -2.19. The minimum Gasteiger partial charge on any atom is -0.481 e. The van der Waals surface area contributed by atoms with E-state index in [1.807, 2.05) is 13.0 Å². The van der Waals surface area contributed by atoms with Crippen LogP contribution in [-0.2, 0) is 11.3 Å². The largest absolute Gasteiger partial charge is 0.481 e. The molecule has 0 aromatic carbocycles. The number of hydrogen-bond donors (Lipinski definition) is 2. The first kappa shape index (κ1) is 13.3. The molecular formula is C11H12N4O3S. The molecule has 0 amide bonds. The molecule has 2 rings (SSSR count). The van der Waals surface area contributed by atoms with Crippen LogP contribution in [0.2, 0.25) is 0 Å². The lowest BCUT2D eigenvalue weighted by Gasteiger charge is -2.06. The van der Waals surface area contributed by atoms with Gasteiger partial charge in [0.2, 0.25) is 0 Å². The number of hydrogen-bond acceptors (Lipinski definition) is 5. The smallest absolute Gasteiger partial charge is 0.344 e. The SMILES string of the molecule is Cc1ccncc1Cn1c(SCC(=O)O)n[nH]c1=O. The molecule has 0 saturated heterocycles. The van der Waals surface area contributed by atoms with E-state index in [4.69, 9.17) is 5.11 Å². The number of carbonyl (C=O) groups is 1. The predicted octanol–water partition coefficient (Wildman–Crippen LogP) is 0.500. The van der Waals surface area contributed by atoms with E-state index in [1.165, 1.54) is 4.57 Å². The highest BCUT2D eigenvalue weighted by atomic mass is 32.2. The van der Waals surface area contributed by atoms with Gasteiger partial charge >= 0.3 is 11.7 Å². The van der Waals surface area contributed by atoms with E-state index in [0.717, 1.165) is 22.9 Å². The predicted molar refractivity (Wildman–Crippen MR) is 69.3 cm³/mol. The van der Waals surface area contributed by atoms with Crippen molar-refractivity contribution in [1.29, 1.82) is 0 Å². The lowest BCUT2D eigenvalue weighted by molar-refractivity contribution is -0.133. The highest BCUT2D eigenvalue weighted by Gasteiger charge is 2.12. The maximum atomic E-state index is 11.7. The number of rotatable bonds is 5. The van der Waals surface area contributed by atoms with Gasteiger partial charge in [-0.1, -0.05) is 11.8 Å². The van der Waals surface area contributed by atoms with Gasteiger partial charge in [0.15, 0.2) is 5.16 Å². The van der Waals surface area contributed by atoms with Crippen LogP contribution in [0.15, 0.2) is 28.4 Å². The maximum Gasteiger partial charge on any atom is 0.344 e. The molecule has 2 N–H and O–H groups in total. The van der Waals surface area contributed by atoms with Crippen LogP contribution in [0.25, 0.3) is 0 Å². The number of carboxylic acids is 1. The molecule has 2 heterocycles. The van der Waals surface area contributed by atoms with Crippen LogP contribution in [-0.4, -0.2) is 36.6 Å². The number of carboxylic acid groups (broad SMARTS) is 1. The number of aliphatic carboxylic acids is 1. The summed E-state index contributed by atoms with van der Waals surface area (Å²) >= 11 is 1.00. The molecule has 7 nitrogen and oxygen atoms in total. The first-order valence-electron chi connectivity index (χ1n) is 5.47. The molecule has 0 aliphatic carbocycles. The summed E-state index contributed by atoms with van der Waals surface area (Å²) in [5.41, 5.74) is 1.54. The number of nitrogens with one attached hydrogen (secondary N) is 1. The fraction of sp³-hybridized carbons (Fsp3) is 0.273. The Balaban J connectivity index is 2.25. The summed E-state index contributed by atoms with van der Waals surface area (Å²) in [6.45, 7) is 2.24. The molecule has 2 aromatic rings. The van der Waals surface area contributed by atoms with E-state index >= 15 is 0 Å². The van der Waals surface area contributed by atoms with E-state index < -0.39 is 5.97 Å². The van der Waals surface area contributed by atoms with Crippen molar-refractivity contribution in [3.8, 4) is 0 Å². The molecule has 0 spiro atoms. The Morgan fingerprint density at radius 3 is 3.05 bits per heavy atom. The third-order valence-corrected chi connectivity index (χ3v) is 3.49. The molecule has 8 heteroatoms. The van der Waals surface area contributed by atoms with Gasteiger partial charge in [0.1, 0.15) is 0 Å². The molecule has 19 heavy (non-hydrogen) atoms. The van der Waals surface area contributed by atoms with E-state index in [1.54, 1.807) is 12.4 Å². The Morgan fingerprint density at radius 1 is 1.58 bits per heavy atom. The summed E-state index contributed by atoms with van der Waals surface area (Å²) < 4.78 is 1.40. The monoisotopic (exact) mass is 280 g/mol. The van der Waals surface area contributed by atoms with E-state index in [-0.39, 0.29) is 11.4 Å². The second kappa shape index (κ2) is 5.70. The molecule has 0 aliphatic heterocycles. The Kier molecular flexibility index (Phi) is 4.00. The normalized spacial score (nSPS) is 10.6. The van der Waals surface area contributed by atoms with Crippen LogP contribution in [0.4, 0.5) is 0 Å². The lowest BCUT2D eigenvalue weighted by atomic mass is 10.2. The van der Waals surface area contributed by atoms with Crippen molar-refractivity contribution >= 4 is 17.7 Å². The zero-order valence-electron chi connectivity index (χ0n) is 10.2. The second-order valence-electron chi connectivity index (χ2n) is 3.88. The van der Waals surface area contributed by atoms with Gasteiger partial charge in [-0.15, -0.1) is 5.10 Å². The highest BCUT2D eigenvalue weighted by molar-refractivity contribution is 7.99. The number of aryl methyl sites for hydroxylation is 1. The van der Waals surface area contributed by atoms with Crippen LogP contribution in [0.3, 0.4) is 0 Å². The van der Waals surface area contributed by atoms with Crippen molar-refractivity contribution in [3.05, 3.63) is 40.1 Å². The van der Waals surface area contributed by atoms with Crippen LogP contribution < -0.4 is 5.69 Å². The summed E-state index contributed by atoms with van der Waals surface area (Å²) in [5.74, 6) is -1.10. The summed E-state index contributed by atoms with van der Waals surface area (Å²) in [4.78, 5) is 26.2. The molecule has 0 unspecified atom stereocenters. The number of nitrogens with zero attached hydrogens (tertiary/aromatic N) is 3. The molecule has 0 saturated carbocycles. The Hall–Kier alpha value is -2.09. The molecular weight excluding hydrogens is 268 g/mol. The third-order valence-electron chi connectivity index (χ3n) is 2.52. The van der Waals surface area contributed by atoms with Crippen LogP contribution in [0.5, 0.6) is 0 Å². The Labute approximate surface area is 112 Å². The standard InChI is InChI=1S/C11H12N4O3S/c1-7-2-3-12-4-8(7)5-15-10(18)13-14-11(15)19-6-9(16)17/h2-4H,5-6H2,1H3,(H,13,18)(H,16,17). The minimum atomic E-state index is -0.954.